The zero-order chi connectivity index (χ0) is 13.8. The zero-order valence-electron chi connectivity index (χ0n) is 11.8. The molecule has 1 heterocycles. The van der Waals surface area contributed by atoms with Crippen molar-refractivity contribution in [3.8, 4) is 5.75 Å². The molecule has 0 saturated carbocycles. The van der Waals surface area contributed by atoms with Crippen molar-refractivity contribution < 1.29 is 13.9 Å². The second kappa shape index (κ2) is 6.24. The van der Waals surface area contributed by atoms with E-state index in [9.17, 15) is 4.39 Å². The van der Waals surface area contributed by atoms with E-state index in [2.05, 4.69) is 19.2 Å². The standard InChI is InChI=1S/C15H22FNO2/c1-10(2)15-8-11(6-7-19-15)17-14-9-12(18-3)4-5-13(14)16/h4-5,9-11,15,17H,6-8H2,1-3H3. The Hall–Kier alpha value is -1.29. The van der Waals surface area contributed by atoms with Crippen LogP contribution in [0.3, 0.4) is 0 Å². The maximum absolute atomic E-state index is 13.8. The summed E-state index contributed by atoms with van der Waals surface area (Å²) in [5, 5.41) is 3.27. The number of halogens is 1. The lowest BCUT2D eigenvalue weighted by Gasteiger charge is -2.33. The number of hydrogen-bond acceptors (Lipinski definition) is 3. The topological polar surface area (TPSA) is 30.5 Å². The van der Waals surface area contributed by atoms with E-state index in [4.69, 9.17) is 9.47 Å². The van der Waals surface area contributed by atoms with Gasteiger partial charge in [-0.3, -0.25) is 0 Å². The summed E-state index contributed by atoms with van der Waals surface area (Å²) in [7, 11) is 1.58. The molecule has 1 aliphatic rings. The Kier molecular flexibility index (Phi) is 4.64. The third-order valence-corrected chi connectivity index (χ3v) is 3.59. The molecular weight excluding hydrogens is 245 g/mol. The molecule has 1 N–H and O–H groups in total. The van der Waals surface area contributed by atoms with Crippen molar-refractivity contribution in [3.05, 3.63) is 24.0 Å². The monoisotopic (exact) mass is 267 g/mol. The van der Waals surface area contributed by atoms with Gasteiger partial charge >= 0.3 is 0 Å². The highest BCUT2D eigenvalue weighted by atomic mass is 19.1. The lowest BCUT2D eigenvalue weighted by Crippen LogP contribution is -2.36. The molecule has 1 aliphatic heterocycles. The number of ether oxygens (including phenoxy) is 2. The van der Waals surface area contributed by atoms with Gasteiger partial charge in [-0.15, -0.1) is 0 Å². The number of rotatable bonds is 4. The van der Waals surface area contributed by atoms with Crippen LogP contribution in [0.2, 0.25) is 0 Å². The second-order valence-electron chi connectivity index (χ2n) is 5.36. The minimum Gasteiger partial charge on any atom is -0.497 e. The fourth-order valence-electron chi connectivity index (χ4n) is 2.39. The molecule has 1 saturated heterocycles. The molecule has 0 aromatic heterocycles. The SMILES string of the molecule is COc1ccc(F)c(NC2CCOC(C(C)C)C2)c1. The summed E-state index contributed by atoms with van der Waals surface area (Å²) in [4.78, 5) is 0. The molecule has 1 aromatic rings. The molecule has 2 atom stereocenters. The first-order chi connectivity index (χ1) is 9.10. The summed E-state index contributed by atoms with van der Waals surface area (Å²) in [5.74, 6) is 0.907. The quantitative estimate of drug-likeness (QED) is 0.906. The van der Waals surface area contributed by atoms with E-state index in [-0.39, 0.29) is 18.0 Å². The van der Waals surface area contributed by atoms with Crippen LogP contribution in [0.15, 0.2) is 18.2 Å². The van der Waals surface area contributed by atoms with Crippen LogP contribution in [-0.4, -0.2) is 25.9 Å². The highest BCUT2D eigenvalue weighted by Crippen LogP contribution is 2.26. The van der Waals surface area contributed by atoms with Crippen LogP contribution in [0.4, 0.5) is 10.1 Å². The van der Waals surface area contributed by atoms with E-state index in [1.807, 2.05) is 0 Å². The predicted molar refractivity (Wildman–Crippen MR) is 74.2 cm³/mol. The Morgan fingerprint density at radius 1 is 1.42 bits per heavy atom. The summed E-state index contributed by atoms with van der Waals surface area (Å²) in [6.07, 6.45) is 2.06. The van der Waals surface area contributed by atoms with Crippen molar-refractivity contribution in [2.75, 3.05) is 19.0 Å². The van der Waals surface area contributed by atoms with Crippen molar-refractivity contribution in [2.24, 2.45) is 5.92 Å². The Balaban J connectivity index is 2.04. The Labute approximate surface area is 114 Å². The lowest BCUT2D eigenvalue weighted by molar-refractivity contribution is -0.0161. The average molecular weight is 267 g/mol. The van der Waals surface area contributed by atoms with Crippen LogP contribution >= 0.6 is 0 Å². The maximum Gasteiger partial charge on any atom is 0.146 e. The molecule has 4 heteroatoms. The van der Waals surface area contributed by atoms with Gasteiger partial charge in [-0.05, 0) is 30.9 Å². The Morgan fingerprint density at radius 3 is 2.89 bits per heavy atom. The van der Waals surface area contributed by atoms with E-state index in [1.54, 1.807) is 19.2 Å². The molecule has 0 radical (unpaired) electrons. The molecule has 0 spiro atoms. The fraction of sp³-hybridized carbons (Fsp3) is 0.600. The Bertz CT molecular complexity index is 423. The van der Waals surface area contributed by atoms with Crippen LogP contribution in [0, 0.1) is 11.7 Å². The second-order valence-corrected chi connectivity index (χ2v) is 5.36. The molecule has 106 valence electrons. The molecule has 1 aromatic carbocycles. The average Bonchev–Trinajstić information content (AvgIpc) is 2.41. The van der Waals surface area contributed by atoms with Crippen molar-refractivity contribution in [1.29, 1.82) is 0 Å². The molecule has 0 amide bonds. The van der Waals surface area contributed by atoms with Gasteiger partial charge < -0.3 is 14.8 Å². The number of benzene rings is 1. The van der Waals surface area contributed by atoms with Gasteiger partial charge in [-0.1, -0.05) is 13.8 Å². The molecule has 3 nitrogen and oxygen atoms in total. The molecule has 0 bridgehead atoms. The van der Waals surface area contributed by atoms with Gasteiger partial charge in [0.05, 0.1) is 18.9 Å². The van der Waals surface area contributed by atoms with E-state index >= 15 is 0 Å². The van der Waals surface area contributed by atoms with Crippen molar-refractivity contribution in [3.63, 3.8) is 0 Å². The third kappa shape index (κ3) is 3.60. The van der Waals surface area contributed by atoms with Crippen LogP contribution in [-0.2, 0) is 4.74 Å². The van der Waals surface area contributed by atoms with Gasteiger partial charge in [-0.2, -0.15) is 0 Å². The smallest absolute Gasteiger partial charge is 0.146 e. The number of hydrogen-bond donors (Lipinski definition) is 1. The first-order valence-corrected chi connectivity index (χ1v) is 6.82. The minimum absolute atomic E-state index is 0.242. The van der Waals surface area contributed by atoms with Crippen LogP contribution in [0.25, 0.3) is 0 Å². The van der Waals surface area contributed by atoms with Crippen LogP contribution in [0.5, 0.6) is 5.75 Å². The van der Waals surface area contributed by atoms with Gasteiger partial charge in [0.2, 0.25) is 0 Å². The third-order valence-electron chi connectivity index (χ3n) is 3.59. The summed E-state index contributed by atoms with van der Waals surface area (Å²) in [5.41, 5.74) is 0.508. The summed E-state index contributed by atoms with van der Waals surface area (Å²) < 4.78 is 24.6. The van der Waals surface area contributed by atoms with Gasteiger partial charge in [-0.25, -0.2) is 4.39 Å². The summed E-state index contributed by atoms with van der Waals surface area (Å²) in [6, 6.07) is 5.01. The first kappa shape index (κ1) is 14.1. The van der Waals surface area contributed by atoms with Crippen LogP contribution in [0.1, 0.15) is 26.7 Å². The highest BCUT2D eigenvalue weighted by molar-refractivity contribution is 5.50. The number of anilines is 1. The molecule has 1 fully saturated rings. The lowest BCUT2D eigenvalue weighted by atomic mass is 9.95. The van der Waals surface area contributed by atoms with E-state index < -0.39 is 0 Å². The summed E-state index contributed by atoms with van der Waals surface area (Å²) >= 11 is 0. The number of nitrogens with one attached hydrogen (secondary N) is 1. The molecular formula is C15H22FNO2. The van der Waals surface area contributed by atoms with Crippen LogP contribution < -0.4 is 10.1 Å². The van der Waals surface area contributed by atoms with Crippen molar-refractivity contribution >= 4 is 5.69 Å². The largest absolute Gasteiger partial charge is 0.497 e. The molecule has 2 unspecified atom stereocenters. The zero-order valence-corrected chi connectivity index (χ0v) is 11.8. The van der Waals surface area contributed by atoms with Gasteiger partial charge in [0.25, 0.3) is 0 Å². The van der Waals surface area contributed by atoms with Gasteiger partial charge in [0, 0.05) is 18.7 Å². The van der Waals surface area contributed by atoms with E-state index in [0.29, 0.717) is 17.4 Å². The van der Waals surface area contributed by atoms with Crippen molar-refractivity contribution in [2.45, 2.75) is 38.8 Å². The molecule has 2 rings (SSSR count). The molecule has 19 heavy (non-hydrogen) atoms. The van der Waals surface area contributed by atoms with E-state index in [0.717, 1.165) is 19.4 Å². The van der Waals surface area contributed by atoms with Gasteiger partial charge in [0.15, 0.2) is 0 Å². The predicted octanol–water partition coefficient (Wildman–Crippen LogP) is 3.45. The minimum atomic E-state index is -0.242. The first-order valence-electron chi connectivity index (χ1n) is 6.82. The maximum atomic E-state index is 13.8. The van der Waals surface area contributed by atoms with E-state index in [1.165, 1.54) is 6.07 Å². The van der Waals surface area contributed by atoms with Gasteiger partial charge in [0.1, 0.15) is 11.6 Å². The van der Waals surface area contributed by atoms with Crippen molar-refractivity contribution in [1.82, 2.24) is 0 Å². The summed E-state index contributed by atoms with van der Waals surface area (Å²) in [6.45, 7) is 5.03. The fourth-order valence-corrected chi connectivity index (χ4v) is 2.39. The number of methoxy groups -OCH3 is 1. The highest BCUT2D eigenvalue weighted by Gasteiger charge is 2.25. The normalized spacial score (nSPS) is 23.4. The molecule has 0 aliphatic carbocycles. The Morgan fingerprint density at radius 2 is 2.21 bits per heavy atom.